The van der Waals surface area contributed by atoms with E-state index in [4.69, 9.17) is 5.73 Å². The van der Waals surface area contributed by atoms with Crippen molar-refractivity contribution in [3.63, 3.8) is 0 Å². The van der Waals surface area contributed by atoms with Gasteiger partial charge in [-0.2, -0.15) is 0 Å². The number of hydrogen-bond acceptors (Lipinski definition) is 3. The first-order valence-corrected chi connectivity index (χ1v) is 7.81. The quantitative estimate of drug-likeness (QED) is 0.749. The van der Waals surface area contributed by atoms with E-state index >= 15 is 0 Å². The number of rotatable bonds is 6. The molecule has 21 heavy (non-hydrogen) atoms. The predicted octanol–water partition coefficient (Wildman–Crippen LogP) is 1.91. The molecule has 1 amide bonds. The van der Waals surface area contributed by atoms with Gasteiger partial charge in [-0.05, 0) is 30.9 Å². The van der Waals surface area contributed by atoms with Gasteiger partial charge in [0.05, 0.1) is 12.1 Å². The number of carbonyl (C=O) groups is 1. The third kappa shape index (κ3) is 4.05. The van der Waals surface area contributed by atoms with Crippen molar-refractivity contribution in [2.75, 3.05) is 0 Å². The van der Waals surface area contributed by atoms with Gasteiger partial charge in [0, 0.05) is 18.4 Å². The maximum atomic E-state index is 12.3. The minimum atomic E-state index is -0.525. The molecule has 0 aliphatic heterocycles. The van der Waals surface area contributed by atoms with Gasteiger partial charge in [0.1, 0.15) is 0 Å². The third-order valence-electron chi connectivity index (χ3n) is 4.25. The molecule has 4 nitrogen and oxygen atoms in total. The molecule has 4 heteroatoms. The first-order chi connectivity index (χ1) is 9.99. The van der Waals surface area contributed by atoms with Gasteiger partial charge in [0.2, 0.25) is 5.91 Å². The molecule has 4 atom stereocenters. The van der Waals surface area contributed by atoms with Crippen molar-refractivity contribution in [3.05, 3.63) is 35.4 Å². The molecule has 116 valence electrons. The summed E-state index contributed by atoms with van der Waals surface area (Å²) >= 11 is 0. The molecule has 0 saturated carbocycles. The number of hydrogen-bond donors (Lipinski definition) is 3. The Balaban J connectivity index is 1.90. The van der Waals surface area contributed by atoms with E-state index in [1.807, 2.05) is 38.1 Å². The van der Waals surface area contributed by atoms with Crippen LogP contribution in [0.4, 0.5) is 0 Å². The fourth-order valence-corrected chi connectivity index (χ4v) is 2.92. The number of nitrogens with one attached hydrogen (secondary N) is 1. The molecule has 0 bridgehead atoms. The molecular formula is C17H26N2O2. The first kappa shape index (κ1) is 16.0. The summed E-state index contributed by atoms with van der Waals surface area (Å²) in [7, 11) is 0. The highest BCUT2D eigenvalue weighted by Crippen LogP contribution is 2.31. The van der Waals surface area contributed by atoms with E-state index in [9.17, 15) is 9.90 Å². The van der Waals surface area contributed by atoms with Crippen LogP contribution >= 0.6 is 0 Å². The Hall–Kier alpha value is -1.39. The number of benzene rings is 1. The van der Waals surface area contributed by atoms with E-state index in [0.29, 0.717) is 6.42 Å². The second-order valence-corrected chi connectivity index (χ2v) is 6.27. The van der Waals surface area contributed by atoms with Gasteiger partial charge in [-0.15, -0.1) is 0 Å². The molecule has 1 aliphatic carbocycles. The largest absolute Gasteiger partial charge is 0.390 e. The van der Waals surface area contributed by atoms with Crippen LogP contribution in [0.3, 0.4) is 0 Å². The maximum absolute atomic E-state index is 12.3. The summed E-state index contributed by atoms with van der Waals surface area (Å²) in [5, 5.41) is 13.2. The number of carbonyl (C=O) groups excluding carboxylic acids is 1. The van der Waals surface area contributed by atoms with E-state index in [1.54, 1.807) is 0 Å². The molecule has 0 spiro atoms. The van der Waals surface area contributed by atoms with E-state index in [2.05, 4.69) is 5.32 Å². The van der Waals surface area contributed by atoms with E-state index in [-0.39, 0.29) is 23.9 Å². The van der Waals surface area contributed by atoms with Crippen LogP contribution in [-0.4, -0.2) is 23.2 Å². The second-order valence-electron chi connectivity index (χ2n) is 6.27. The summed E-state index contributed by atoms with van der Waals surface area (Å²) in [4.78, 5) is 12.3. The fraction of sp³-hybridized carbons (Fsp3) is 0.588. The molecule has 0 heterocycles. The average molecular weight is 290 g/mol. The van der Waals surface area contributed by atoms with Crippen LogP contribution in [-0.2, 0) is 11.2 Å². The number of amides is 1. The smallest absolute Gasteiger partial charge is 0.223 e. The van der Waals surface area contributed by atoms with Crippen LogP contribution in [0.2, 0.25) is 0 Å². The normalized spacial score (nSPS) is 23.4. The minimum Gasteiger partial charge on any atom is -0.390 e. The summed E-state index contributed by atoms with van der Waals surface area (Å²) in [6, 6.07) is 7.82. The summed E-state index contributed by atoms with van der Waals surface area (Å²) < 4.78 is 0. The highest BCUT2D eigenvalue weighted by atomic mass is 16.3. The van der Waals surface area contributed by atoms with Crippen molar-refractivity contribution in [3.8, 4) is 0 Å². The van der Waals surface area contributed by atoms with Gasteiger partial charge < -0.3 is 16.2 Å². The van der Waals surface area contributed by atoms with Gasteiger partial charge in [0.15, 0.2) is 0 Å². The highest BCUT2D eigenvalue weighted by molar-refractivity contribution is 5.79. The summed E-state index contributed by atoms with van der Waals surface area (Å²) in [5.41, 5.74) is 7.89. The van der Waals surface area contributed by atoms with Crippen molar-refractivity contribution in [2.24, 2.45) is 11.7 Å². The van der Waals surface area contributed by atoms with Gasteiger partial charge in [0.25, 0.3) is 0 Å². The Labute approximate surface area is 126 Å². The zero-order chi connectivity index (χ0) is 15.4. The molecule has 2 unspecified atom stereocenters. The summed E-state index contributed by atoms with van der Waals surface area (Å²) in [6.45, 7) is 3.92. The lowest BCUT2D eigenvalue weighted by atomic mass is 10.00. The second kappa shape index (κ2) is 7.05. The van der Waals surface area contributed by atoms with Crippen LogP contribution < -0.4 is 11.1 Å². The Kier molecular flexibility index (Phi) is 5.37. The zero-order valence-corrected chi connectivity index (χ0v) is 12.9. The summed E-state index contributed by atoms with van der Waals surface area (Å²) in [6.07, 6.45) is 2.81. The average Bonchev–Trinajstić information content (AvgIpc) is 2.74. The Bertz CT molecular complexity index is 487. The van der Waals surface area contributed by atoms with E-state index in [0.717, 1.165) is 30.4 Å². The van der Waals surface area contributed by atoms with Crippen LogP contribution in [0.25, 0.3) is 0 Å². The van der Waals surface area contributed by atoms with E-state index in [1.165, 1.54) is 0 Å². The van der Waals surface area contributed by atoms with Crippen molar-refractivity contribution >= 4 is 5.91 Å². The highest BCUT2D eigenvalue weighted by Gasteiger charge is 2.32. The van der Waals surface area contributed by atoms with Gasteiger partial charge in [-0.1, -0.05) is 37.6 Å². The molecule has 0 saturated heterocycles. The molecular weight excluding hydrogens is 264 g/mol. The van der Waals surface area contributed by atoms with Crippen molar-refractivity contribution in [1.82, 2.24) is 5.32 Å². The first-order valence-electron chi connectivity index (χ1n) is 7.81. The monoisotopic (exact) mass is 290 g/mol. The van der Waals surface area contributed by atoms with Crippen molar-refractivity contribution < 1.29 is 9.90 Å². The summed E-state index contributed by atoms with van der Waals surface area (Å²) in [5.74, 6) is -0.0378. The van der Waals surface area contributed by atoms with Crippen molar-refractivity contribution in [1.29, 1.82) is 0 Å². The molecule has 0 radical (unpaired) electrons. The van der Waals surface area contributed by atoms with Crippen LogP contribution in [0.15, 0.2) is 24.3 Å². The fourth-order valence-electron chi connectivity index (χ4n) is 2.92. The standard InChI is InChI=1S/C17H26N2O2/c1-11(6-5-7-12(2)18)17(21)19-16-14-9-4-3-8-13(14)10-15(16)20/h3-4,8-9,11-12,15-16,20H,5-7,10,18H2,1-2H3,(H,19,21)/t11?,12?,15-,16+/m0/s1. The maximum Gasteiger partial charge on any atom is 0.223 e. The predicted molar refractivity (Wildman–Crippen MR) is 83.7 cm³/mol. The zero-order valence-electron chi connectivity index (χ0n) is 12.9. The minimum absolute atomic E-state index is 0.0143. The van der Waals surface area contributed by atoms with Crippen LogP contribution in [0.1, 0.15) is 50.3 Å². The molecule has 1 aliphatic rings. The molecule has 0 fully saturated rings. The van der Waals surface area contributed by atoms with Gasteiger partial charge in [-0.25, -0.2) is 0 Å². The number of aliphatic hydroxyl groups excluding tert-OH is 1. The number of fused-ring (bicyclic) bond motifs is 1. The molecule has 1 aromatic rings. The lowest BCUT2D eigenvalue weighted by Gasteiger charge is -2.21. The van der Waals surface area contributed by atoms with Gasteiger partial charge >= 0.3 is 0 Å². The Morgan fingerprint density at radius 1 is 1.38 bits per heavy atom. The molecule has 2 rings (SSSR count). The molecule has 0 aromatic heterocycles. The SMILES string of the molecule is CC(N)CCCC(C)C(=O)N[C@@H]1c2ccccc2C[C@@H]1O. The van der Waals surface area contributed by atoms with Crippen molar-refractivity contribution in [2.45, 2.75) is 57.7 Å². The molecule has 4 N–H and O–H groups in total. The van der Waals surface area contributed by atoms with Gasteiger partial charge in [-0.3, -0.25) is 4.79 Å². The van der Waals surface area contributed by atoms with E-state index < -0.39 is 6.10 Å². The number of aliphatic hydroxyl groups is 1. The third-order valence-corrected chi connectivity index (χ3v) is 4.25. The number of nitrogens with two attached hydrogens (primary N) is 1. The molecule has 1 aromatic carbocycles. The topological polar surface area (TPSA) is 75.4 Å². The lowest BCUT2D eigenvalue weighted by Crippen LogP contribution is -2.37. The van der Waals surface area contributed by atoms with Crippen LogP contribution in [0.5, 0.6) is 0 Å². The van der Waals surface area contributed by atoms with Crippen LogP contribution in [0, 0.1) is 5.92 Å². The lowest BCUT2D eigenvalue weighted by molar-refractivity contribution is -0.126. The Morgan fingerprint density at radius 3 is 2.81 bits per heavy atom. The Morgan fingerprint density at radius 2 is 2.10 bits per heavy atom.